The maximum absolute atomic E-state index is 12.9. The Hall–Kier alpha value is -3.61. The third-order valence-electron chi connectivity index (χ3n) is 9.26. The van der Waals surface area contributed by atoms with E-state index < -0.39 is 22.2 Å². The van der Waals surface area contributed by atoms with E-state index in [1.165, 1.54) is 28.0 Å². The molecule has 1 saturated heterocycles. The van der Waals surface area contributed by atoms with E-state index in [2.05, 4.69) is 38.5 Å². The van der Waals surface area contributed by atoms with Crippen molar-refractivity contribution in [2.45, 2.75) is 116 Å². The predicted octanol–water partition coefficient (Wildman–Crippen LogP) is 1.41. The fourth-order valence-electron chi connectivity index (χ4n) is 5.84. The number of rotatable bonds is 24. The van der Waals surface area contributed by atoms with Crippen LogP contribution < -0.4 is 32.3 Å². The van der Waals surface area contributed by atoms with Crippen LogP contribution in [0.25, 0.3) is 0 Å². The number of aryl methyl sites for hydroxylation is 1. The molecule has 302 valence electrons. The fourth-order valence-corrected chi connectivity index (χ4v) is 7.98. The Kier molecular flexibility index (Phi) is 17.8. The lowest BCUT2D eigenvalue weighted by atomic mass is 9.88. The number of hydrogen-bond acceptors (Lipinski definition) is 12. The molecule has 7 amide bonds. The van der Waals surface area contributed by atoms with Gasteiger partial charge in [0.1, 0.15) is 0 Å². The molecule has 1 aromatic heterocycles. The number of thioether (sulfide) groups is 1. The number of anilines is 1. The van der Waals surface area contributed by atoms with Crippen LogP contribution in [0.3, 0.4) is 0 Å². The van der Waals surface area contributed by atoms with Crippen LogP contribution in [0.15, 0.2) is 0 Å². The molecule has 3 rings (SSSR count). The summed E-state index contributed by atoms with van der Waals surface area (Å²) < 4.78 is 5.96. The second kappa shape index (κ2) is 21.5. The van der Waals surface area contributed by atoms with Gasteiger partial charge in [-0.3, -0.25) is 38.5 Å². The van der Waals surface area contributed by atoms with Gasteiger partial charge in [0.2, 0.25) is 41.4 Å². The van der Waals surface area contributed by atoms with Crippen molar-refractivity contribution in [3.8, 4) is 0 Å². The van der Waals surface area contributed by atoms with Crippen LogP contribution in [0.2, 0.25) is 0 Å². The smallest absolute Gasteiger partial charge is 0.242 e. The minimum atomic E-state index is -0.766. The minimum absolute atomic E-state index is 0.0189. The van der Waals surface area contributed by atoms with Gasteiger partial charge in [-0.05, 0) is 58.9 Å². The average Bonchev–Trinajstić information content (AvgIpc) is 3.63. The van der Waals surface area contributed by atoms with Gasteiger partial charge in [-0.15, -0.1) is 23.1 Å². The third-order valence-corrected chi connectivity index (χ3v) is 11.5. The number of hydrogen-bond donors (Lipinski definition) is 6. The average molecular weight is 795 g/mol. The summed E-state index contributed by atoms with van der Waals surface area (Å²) >= 11 is 2.77. The number of aromatic nitrogens is 1. The number of nitrogens with zero attached hydrogens (tertiary/aromatic N) is 2. The maximum Gasteiger partial charge on any atom is 0.242 e. The number of primary amides is 1. The number of ether oxygens (including phenoxy) is 1. The van der Waals surface area contributed by atoms with Crippen LogP contribution in [-0.2, 0) is 51.1 Å². The first-order valence-electron chi connectivity index (χ1n) is 18.7. The van der Waals surface area contributed by atoms with Gasteiger partial charge in [0.15, 0.2) is 5.13 Å². The summed E-state index contributed by atoms with van der Waals surface area (Å²) in [4.78, 5) is 92.8. The highest BCUT2D eigenvalue weighted by atomic mass is 32.2. The van der Waals surface area contributed by atoms with Crippen molar-refractivity contribution in [2.75, 3.05) is 50.4 Å². The van der Waals surface area contributed by atoms with Crippen molar-refractivity contribution in [3.63, 3.8) is 0 Å². The normalized spacial score (nSPS) is 17.2. The molecule has 2 heterocycles. The summed E-state index contributed by atoms with van der Waals surface area (Å²) in [6, 6.07) is 0.434. The second-order valence-electron chi connectivity index (χ2n) is 14.9. The molecule has 1 aromatic rings. The lowest BCUT2D eigenvalue weighted by Gasteiger charge is -2.29. The molecule has 7 N–H and O–H groups in total. The van der Waals surface area contributed by atoms with Crippen molar-refractivity contribution in [3.05, 3.63) is 10.6 Å². The van der Waals surface area contributed by atoms with E-state index in [-0.39, 0.29) is 87.4 Å². The van der Waals surface area contributed by atoms with Crippen molar-refractivity contribution in [1.82, 2.24) is 31.2 Å². The van der Waals surface area contributed by atoms with Crippen LogP contribution in [-0.4, -0.2) is 113 Å². The molecule has 0 aromatic carbocycles. The highest BCUT2D eigenvalue weighted by Gasteiger charge is 2.38. The molecule has 0 spiro atoms. The van der Waals surface area contributed by atoms with Crippen LogP contribution in [0.4, 0.5) is 5.13 Å². The number of thiazole rings is 1. The standard InChI is InChI=1S/C36H58N8O8S2/c1-6-14-38-23-7-8-24-25(20-23)54-34(42-24)43-30(48)10-9-28(46)40-16-19-53-26-21-31(49)44(32(26)50)17-11-29(47)39-15-12-36(4,5)52-18-13-35(2,3)33(51)41-22-27(37)45/h23,26,38H,6-22H2,1-5H3,(H2,37,45)(H,39,47)(H,40,46)(H,41,51)(H,42,43,48)/t23-,26?/m0/s1. The van der Waals surface area contributed by atoms with Gasteiger partial charge in [-0.25, -0.2) is 4.98 Å². The number of nitrogens with one attached hydrogen (secondary N) is 5. The molecule has 16 nitrogen and oxygen atoms in total. The number of fused-ring (bicyclic) bond motifs is 1. The monoisotopic (exact) mass is 794 g/mol. The molecular formula is C36H58N8O8S2. The molecule has 1 fully saturated rings. The van der Waals surface area contributed by atoms with Crippen LogP contribution >= 0.6 is 23.1 Å². The summed E-state index contributed by atoms with van der Waals surface area (Å²) in [6.07, 6.45) is 4.84. The van der Waals surface area contributed by atoms with Gasteiger partial charge >= 0.3 is 0 Å². The number of amides is 7. The number of imide groups is 1. The van der Waals surface area contributed by atoms with E-state index >= 15 is 0 Å². The summed E-state index contributed by atoms with van der Waals surface area (Å²) in [5, 5.41) is 14.4. The van der Waals surface area contributed by atoms with Gasteiger partial charge in [0.05, 0.1) is 23.1 Å². The Morgan fingerprint density at radius 1 is 0.944 bits per heavy atom. The van der Waals surface area contributed by atoms with Gasteiger partial charge in [0, 0.05) is 74.0 Å². The van der Waals surface area contributed by atoms with Gasteiger partial charge in [-0.1, -0.05) is 20.8 Å². The molecule has 1 aliphatic heterocycles. The SMILES string of the molecule is CCCN[C@H]1CCc2nc(NC(=O)CCC(=O)NCCSC3CC(=O)N(CCC(=O)NCCC(C)(C)OCCC(C)(C)C(=O)NCC(N)=O)C3=O)sc2C1. The maximum atomic E-state index is 12.9. The molecule has 1 aliphatic carbocycles. The largest absolute Gasteiger partial charge is 0.375 e. The summed E-state index contributed by atoms with van der Waals surface area (Å²) in [5.74, 6) is -2.05. The molecular weight excluding hydrogens is 737 g/mol. The Morgan fingerprint density at radius 3 is 2.37 bits per heavy atom. The lowest BCUT2D eigenvalue weighted by Crippen LogP contribution is -2.42. The molecule has 0 radical (unpaired) electrons. The zero-order valence-electron chi connectivity index (χ0n) is 32.2. The zero-order valence-corrected chi connectivity index (χ0v) is 33.9. The van der Waals surface area contributed by atoms with Crippen LogP contribution in [0, 0.1) is 5.41 Å². The van der Waals surface area contributed by atoms with Gasteiger partial charge < -0.3 is 37.1 Å². The Balaban J connectivity index is 1.25. The Morgan fingerprint density at radius 2 is 1.65 bits per heavy atom. The highest BCUT2D eigenvalue weighted by Crippen LogP contribution is 2.30. The first kappa shape index (κ1) is 44.8. The molecule has 18 heteroatoms. The van der Waals surface area contributed by atoms with Crippen molar-refractivity contribution in [1.29, 1.82) is 0 Å². The van der Waals surface area contributed by atoms with Crippen LogP contribution in [0.1, 0.15) is 96.6 Å². The molecule has 0 saturated carbocycles. The first-order chi connectivity index (χ1) is 25.5. The predicted molar refractivity (Wildman–Crippen MR) is 208 cm³/mol. The quantitative estimate of drug-likeness (QED) is 0.0647. The van der Waals surface area contributed by atoms with Gasteiger partial charge in [0.25, 0.3) is 0 Å². The Labute approximate surface area is 326 Å². The topological polar surface area (TPSA) is 231 Å². The van der Waals surface area contributed by atoms with Crippen LogP contribution in [0.5, 0.6) is 0 Å². The van der Waals surface area contributed by atoms with Crippen molar-refractivity contribution in [2.24, 2.45) is 11.1 Å². The fraction of sp³-hybridized carbons (Fsp3) is 0.722. The zero-order chi connectivity index (χ0) is 39.9. The molecule has 1 unspecified atom stereocenters. The van der Waals surface area contributed by atoms with E-state index in [9.17, 15) is 33.6 Å². The van der Waals surface area contributed by atoms with E-state index in [0.29, 0.717) is 36.3 Å². The number of carbonyl (C=O) groups is 7. The summed E-state index contributed by atoms with van der Waals surface area (Å²) in [6.45, 7) is 11.0. The van der Waals surface area contributed by atoms with Gasteiger partial charge in [-0.2, -0.15) is 0 Å². The van der Waals surface area contributed by atoms with E-state index in [4.69, 9.17) is 10.5 Å². The number of likely N-dealkylation sites (tertiary alicyclic amines) is 1. The van der Waals surface area contributed by atoms with Crippen molar-refractivity contribution >= 4 is 69.6 Å². The van der Waals surface area contributed by atoms with E-state index in [1.807, 2.05) is 13.8 Å². The van der Waals surface area contributed by atoms with E-state index in [1.54, 1.807) is 13.8 Å². The number of carbonyl (C=O) groups excluding carboxylic acids is 7. The lowest BCUT2D eigenvalue weighted by molar-refractivity contribution is -0.138. The van der Waals surface area contributed by atoms with Crippen molar-refractivity contribution < 1.29 is 38.3 Å². The highest BCUT2D eigenvalue weighted by molar-refractivity contribution is 8.00. The first-order valence-corrected chi connectivity index (χ1v) is 20.6. The third kappa shape index (κ3) is 15.3. The second-order valence-corrected chi connectivity index (χ2v) is 17.3. The van der Waals surface area contributed by atoms with E-state index in [0.717, 1.165) is 42.8 Å². The molecule has 2 atom stereocenters. The minimum Gasteiger partial charge on any atom is -0.375 e. The molecule has 54 heavy (non-hydrogen) atoms. The Bertz CT molecular complexity index is 1500. The molecule has 2 aliphatic rings. The number of nitrogens with two attached hydrogens (primary N) is 1. The summed E-state index contributed by atoms with van der Waals surface area (Å²) in [7, 11) is 0. The summed E-state index contributed by atoms with van der Waals surface area (Å²) in [5.41, 5.74) is 4.77. The molecule has 0 bridgehead atoms.